The van der Waals surface area contributed by atoms with E-state index in [0.29, 0.717) is 22.5 Å². The largest absolute Gasteiger partial charge is 0.478 e. The Kier molecular flexibility index (Phi) is 5.72. The van der Waals surface area contributed by atoms with E-state index < -0.39 is 5.97 Å². The number of thioether (sulfide) groups is 1. The highest BCUT2D eigenvalue weighted by Crippen LogP contribution is 2.31. The van der Waals surface area contributed by atoms with Gasteiger partial charge in [-0.15, -0.1) is 0 Å². The number of carboxylic acids is 1. The summed E-state index contributed by atoms with van der Waals surface area (Å²) in [6, 6.07) is 12.0. The summed E-state index contributed by atoms with van der Waals surface area (Å²) < 4.78 is 6.27. The summed E-state index contributed by atoms with van der Waals surface area (Å²) in [5.41, 5.74) is 3.00. The fourth-order valence-corrected chi connectivity index (χ4v) is 4.69. The van der Waals surface area contributed by atoms with E-state index in [1.807, 2.05) is 37.7 Å². The number of aromatic carboxylic acids is 1. The maximum atomic E-state index is 12.9. The van der Waals surface area contributed by atoms with Gasteiger partial charge in [0, 0.05) is 41.9 Å². The summed E-state index contributed by atoms with van der Waals surface area (Å²) in [6.07, 6.45) is 0. The molecular formula is C23H24N2O4S. The number of fused-ring (bicyclic) bond motifs is 1. The van der Waals surface area contributed by atoms with Gasteiger partial charge in [0.1, 0.15) is 5.58 Å². The van der Waals surface area contributed by atoms with Crippen LogP contribution in [-0.2, 0) is 0 Å². The number of benzene rings is 2. The molecule has 1 aliphatic rings. The van der Waals surface area contributed by atoms with E-state index in [4.69, 9.17) is 4.42 Å². The van der Waals surface area contributed by atoms with E-state index in [-0.39, 0.29) is 17.0 Å². The molecule has 30 heavy (non-hydrogen) atoms. The molecule has 1 atom stereocenters. The number of nitrogens with one attached hydrogen (secondary N) is 1. The number of anilines is 2. The second-order valence-corrected chi connectivity index (χ2v) is 8.72. The summed E-state index contributed by atoms with van der Waals surface area (Å²) in [5.74, 6) is 1.62. The van der Waals surface area contributed by atoms with Gasteiger partial charge in [-0.25, -0.2) is 4.79 Å². The van der Waals surface area contributed by atoms with Crippen molar-refractivity contribution in [3.05, 3.63) is 69.4 Å². The summed E-state index contributed by atoms with van der Waals surface area (Å²) in [7, 11) is 0. The average Bonchev–Trinajstić information content (AvgIpc) is 2.74. The molecule has 2 heterocycles. The summed E-state index contributed by atoms with van der Waals surface area (Å²) in [6.45, 7) is 5.58. The predicted octanol–water partition coefficient (Wildman–Crippen LogP) is 4.53. The van der Waals surface area contributed by atoms with Crippen LogP contribution in [-0.4, -0.2) is 35.7 Å². The number of para-hydroxylation sites is 1. The van der Waals surface area contributed by atoms with Crippen molar-refractivity contribution < 1.29 is 14.3 Å². The smallest absolute Gasteiger partial charge is 0.337 e. The topological polar surface area (TPSA) is 82.8 Å². The molecule has 7 heteroatoms. The lowest BCUT2D eigenvalue weighted by molar-refractivity contribution is 0.0698. The Balaban J connectivity index is 1.78. The van der Waals surface area contributed by atoms with Gasteiger partial charge in [0.15, 0.2) is 11.3 Å². The number of carboxylic acid groups (broad SMARTS) is 1. The molecule has 0 bridgehead atoms. The van der Waals surface area contributed by atoms with Crippen molar-refractivity contribution in [2.75, 3.05) is 34.8 Å². The van der Waals surface area contributed by atoms with Gasteiger partial charge in [0.2, 0.25) is 0 Å². The Morgan fingerprint density at radius 1 is 1.20 bits per heavy atom. The van der Waals surface area contributed by atoms with Gasteiger partial charge in [-0.05, 0) is 37.6 Å². The molecule has 2 aromatic carbocycles. The Morgan fingerprint density at radius 3 is 2.67 bits per heavy atom. The number of hydrogen-bond donors (Lipinski definition) is 2. The molecule has 0 spiro atoms. The first-order valence-corrected chi connectivity index (χ1v) is 11.1. The first-order valence-electron chi connectivity index (χ1n) is 9.94. The molecular weight excluding hydrogens is 400 g/mol. The van der Waals surface area contributed by atoms with E-state index in [9.17, 15) is 14.7 Å². The normalized spacial score (nSPS) is 15.2. The quantitative estimate of drug-likeness (QED) is 0.623. The third kappa shape index (κ3) is 4.03. The summed E-state index contributed by atoms with van der Waals surface area (Å²) in [5, 5.41) is 13.3. The lowest BCUT2D eigenvalue weighted by atomic mass is 10.0. The van der Waals surface area contributed by atoms with E-state index in [1.165, 1.54) is 0 Å². The lowest BCUT2D eigenvalue weighted by Crippen LogP contribution is -2.33. The van der Waals surface area contributed by atoms with Crippen LogP contribution in [0.3, 0.4) is 0 Å². The minimum absolute atomic E-state index is 0.0624. The van der Waals surface area contributed by atoms with Crippen molar-refractivity contribution >= 4 is 40.3 Å². The molecule has 1 aromatic heterocycles. The second kappa shape index (κ2) is 8.44. The molecule has 1 aliphatic heterocycles. The maximum absolute atomic E-state index is 12.9. The highest BCUT2D eigenvalue weighted by atomic mass is 32.2. The number of carbonyl (C=O) groups is 1. The minimum atomic E-state index is -0.990. The molecule has 6 nitrogen and oxygen atoms in total. The standard InChI is InChI=1S/C23H24N2O4S/c1-14-11-17(15(2)24-19-6-4-3-5-16(19)23(27)28)22-18(12-14)20(26)13-21(29-22)25-7-9-30-10-8-25/h3-6,11-13,15,24H,7-10H2,1-2H3,(H,27,28). The zero-order valence-electron chi connectivity index (χ0n) is 17.0. The van der Waals surface area contributed by atoms with Crippen LogP contribution in [0.4, 0.5) is 11.6 Å². The van der Waals surface area contributed by atoms with E-state index >= 15 is 0 Å². The number of rotatable bonds is 5. The van der Waals surface area contributed by atoms with Gasteiger partial charge in [0.05, 0.1) is 17.0 Å². The van der Waals surface area contributed by atoms with Gasteiger partial charge in [0.25, 0.3) is 0 Å². The summed E-state index contributed by atoms with van der Waals surface area (Å²) in [4.78, 5) is 26.6. The van der Waals surface area contributed by atoms with E-state index in [2.05, 4.69) is 10.2 Å². The fraction of sp³-hybridized carbons (Fsp3) is 0.304. The molecule has 0 radical (unpaired) electrons. The molecule has 0 amide bonds. The second-order valence-electron chi connectivity index (χ2n) is 7.50. The molecule has 3 aromatic rings. The number of hydrogen-bond acceptors (Lipinski definition) is 6. The lowest BCUT2D eigenvalue weighted by Gasteiger charge is -2.27. The first-order chi connectivity index (χ1) is 14.4. The minimum Gasteiger partial charge on any atom is -0.478 e. The number of aryl methyl sites for hydroxylation is 1. The maximum Gasteiger partial charge on any atom is 0.337 e. The Hall–Kier alpha value is -2.93. The van der Waals surface area contributed by atoms with Gasteiger partial charge in [-0.3, -0.25) is 4.79 Å². The molecule has 1 unspecified atom stereocenters. The van der Waals surface area contributed by atoms with Crippen molar-refractivity contribution in [1.82, 2.24) is 0 Å². The van der Waals surface area contributed by atoms with Gasteiger partial charge in [-0.2, -0.15) is 11.8 Å². The van der Waals surface area contributed by atoms with Crippen molar-refractivity contribution in [2.24, 2.45) is 0 Å². The van der Waals surface area contributed by atoms with Crippen LogP contribution >= 0.6 is 11.8 Å². The van der Waals surface area contributed by atoms with Crippen molar-refractivity contribution in [2.45, 2.75) is 19.9 Å². The highest BCUT2D eigenvalue weighted by Gasteiger charge is 2.20. The zero-order valence-corrected chi connectivity index (χ0v) is 17.8. The molecule has 2 N–H and O–H groups in total. The van der Waals surface area contributed by atoms with E-state index in [1.54, 1.807) is 30.3 Å². The highest BCUT2D eigenvalue weighted by molar-refractivity contribution is 7.99. The Bertz CT molecular complexity index is 1150. The van der Waals surface area contributed by atoms with E-state index in [0.717, 1.165) is 35.7 Å². The fourth-order valence-electron chi connectivity index (χ4n) is 3.79. The van der Waals surface area contributed by atoms with Crippen LogP contribution in [0.1, 0.15) is 34.5 Å². The summed E-state index contributed by atoms with van der Waals surface area (Å²) >= 11 is 1.90. The van der Waals surface area contributed by atoms with Crippen LogP contribution in [0.25, 0.3) is 11.0 Å². The Labute approximate surface area is 178 Å². The van der Waals surface area contributed by atoms with Crippen LogP contribution in [0.2, 0.25) is 0 Å². The molecule has 1 fully saturated rings. The molecule has 156 valence electrons. The van der Waals surface area contributed by atoms with Crippen LogP contribution in [0.15, 0.2) is 51.7 Å². The third-order valence-corrected chi connectivity index (χ3v) is 6.25. The van der Waals surface area contributed by atoms with Gasteiger partial charge < -0.3 is 19.7 Å². The van der Waals surface area contributed by atoms with Crippen LogP contribution < -0.4 is 15.6 Å². The van der Waals surface area contributed by atoms with Gasteiger partial charge >= 0.3 is 5.97 Å². The molecule has 1 saturated heterocycles. The van der Waals surface area contributed by atoms with Crippen LogP contribution in [0.5, 0.6) is 0 Å². The monoisotopic (exact) mass is 424 g/mol. The average molecular weight is 425 g/mol. The predicted molar refractivity (Wildman–Crippen MR) is 122 cm³/mol. The third-order valence-electron chi connectivity index (χ3n) is 5.31. The molecule has 0 saturated carbocycles. The number of nitrogens with zero attached hydrogens (tertiary/aromatic N) is 1. The Morgan fingerprint density at radius 2 is 1.93 bits per heavy atom. The SMILES string of the molecule is Cc1cc(C(C)Nc2ccccc2C(=O)O)c2oc(N3CCSCC3)cc(=O)c2c1. The molecule has 4 rings (SSSR count). The van der Waals surface area contributed by atoms with Crippen molar-refractivity contribution in [1.29, 1.82) is 0 Å². The van der Waals surface area contributed by atoms with Gasteiger partial charge in [-0.1, -0.05) is 18.2 Å². The molecule has 0 aliphatic carbocycles. The first kappa shape index (κ1) is 20.3. The van der Waals surface area contributed by atoms with Crippen LogP contribution in [0, 0.1) is 6.92 Å². The van der Waals surface area contributed by atoms with Crippen molar-refractivity contribution in [3.8, 4) is 0 Å². The van der Waals surface area contributed by atoms with Crippen molar-refractivity contribution in [3.63, 3.8) is 0 Å². The zero-order chi connectivity index (χ0) is 21.3.